The summed E-state index contributed by atoms with van der Waals surface area (Å²) in [6.45, 7) is 7.99. The number of fused-ring (bicyclic) bond motifs is 3. The van der Waals surface area contributed by atoms with Crippen LogP contribution in [0.25, 0.3) is 0 Å². The van der Waals surface area contributed by atoms with Gasteiger partial charge in [0.2, 0.25) is 0 Å². The van der Waals surface area contributed by atoms with E-state index in [-0.39, 0.29) is 0 Å². The minimum Gasteiger partial charge on any atom is -0.490 e. The Morgan fingerprint density at radius 2 is 1.85 bits per heavy atom. The van der Waals surface area contributed by atoms with Crippen molar-refractivity contribution in [3.63, 3.8) is 0 Å². The lowest BCUT2D eigenvalue weighted by Crippen LogP contribution is -2.33. The molecule has 142 valence electrons. The third-order valence-electron chi connectivity index (χ3n) is 5.80. The molecule has 3 heterocycles. The summed E-state index contributed by atoms with van der Waals surface area (Å²) in [4.78, 5) is 2.44. The first-order valence-electron chi connectivity index (χ1n) is 9.92. The lowest BCUT2D eigenvalue weighted by Gasteiger charge is -2.35. The second-order valence-electron chi connectivity index (χ2n) is 7.45. The van der Waals surface area contributed by atoms with Crippen LogP contribution in [-0.2, 0) is 19.4 Å². The van der Waals surface area contributed by atoms with Crippen LogP contribution in [0.2, 0.25) is 0 Å². The minimum atomic E-state index is 0.614. The van der Waals surface area contributed by atoms with Gasteiger partial charge in [0.25, 0.3) is 0 Å². The molecule has 0 atom stereocenters. The van der Waals surface area contributed by atoms with Crippen LogP contribution in [0.4, 0.5) is 5.69 Å². The van der Waals surface area contributed by atoms with Crippen molar-refractivity contribution in [2.75, 3.05) is 44.4 Å². The topological polar surface area (TPSA) is 43.0 Å². The van der Waals surface area contributed by atoms with Gasteiger partial charge in [0.15, 0.2) is 11.5 Å². The molecule has 5 heteroatoms. The SMILES string of the molecule is Cc1c2c(cc3c1N(Cc1cccc4c1OCCO4)CCO3)CCNCC2. The monoisotopic (exact) mass is 366 g/mol. The smallest absolute Gasteiger partial charge is 0.166 e. The van der Waals surface area contributed by atoms with Gasteiger partial charge in [-0.3, -0.25) is 0 Å². The molecule has 0 aromatic heterocycles. The Labute approximate surface area is 160 Å². The Kier molecular flexibility index (Phi) is 4.32. The molecule has 0 fully saturated rings. The Morgan fingerprint density at radius 1 is 1.00 bits per heavy atom. The first kappa shape index (κ1) is 16.8. The Bertz CT molecular complexity index is 865. The molecule has 0 saturated heterocycles. The molecule has 5 nitrogen and oxygen atoms in total. The Morgan fingerprint density at radius 3 is 2.81 bits per heavy atom. The number of anilines is 1. The van der Waals surface area contributed by atoms with Gasteiger partial charge in [0.1, 0.15) is 25.6 Å². The summed E-state index contributed by atoms with van der Waals surface area (Å²) in [5.41, 5.74) is 6.72. The number of benzene rings is 2. The van der Waals surface area contributed by atoms with Crippen LogP contribution >= 0.6 is 0 Å². The quantitative estimate of drug-likeness (QED) is 0.885. The molecule has 3 aliphatic heterocycles. The largest absolute Gasteiger partial charge is 0.490 e. The van der Waals surface area contributed by atoms with E-state index in [4.69, 9.17) is 14.2 Å². The molecule has 0 saturated carbocycles. The number of nitrogens with one attached hydrogen (secondary N) is 1. The third-order valence-corrected chi connectivity index (χ3v) is 5.80. The van der Waals surface area contributed by atoms with Crippen LogP contribution in [-0.4, -0.2) is 39.5 Å². The molecule has 0 radical (unpaired) electrons. The van der Waals surface area contributed by atoms with E-state index in [9.17, 15) is 0 Å². The predicted octanol–water partition coefficient (Wildman–Crippen LogP) is 2.85. The van der Waals surface area contributed by atoms with Gasteiger partial charge in [0, 0.05) is 12.1 Å². The minimum absolute atomic E-state index is 0.614. The number of para-hydroxylation sites is 1. The van der Waals surface area contributed by atoms with Gasteiger partial charge in [-0.1, -0.05) is 12.1 Å². The maximum Gasteiger partial charge on any atom is 0.166 e. The van der Waals surface area contributed by atoms with Gasteiger partial charge in [-0.05, 0) is 61.7 Å². The van der Waals surface area contributed by atoms with Crippen molar-refractivity contribution in [2.45, 2.75) is 26.3 Å². The molecule has 3 aliphatic rings. The van der Waals surface area contributed by atoms with E-state index >= 15 is 0 Å². The van der Waals surface area contributed by atoms with Crippen LogP contribution < -0.4 is 24.4 Å². The van der Waals surface area contributed by atoms with Crippen molar-refractivity contribution in [2.24, 2.45) is 0 Å². The summed E-state index contributed by atoms with van der Waals surface area (Å²) in [6.07, 6.45) is 2.16. The number of hydrogen-bond acceptors (Lipinski definition) is 5. The van der Waals surface area contributed by atoms with Crippen LogP contribution in [0.15, 0.2) is 24.3 Å². The van der Waals surface area contributed by atoms with Gasteiger partial charge in [0.05, 0.1) is 12.2 Å². The van der Waals surface area contributed by atoms with E-state index in [1.807, 2.05) is 6.07 Å². The Balaban J connectivity index is 1.53. The van der Waals surface area contributed by atoms with Crippen LogP contribution in [0.5, 0.6) is 17.2 Å². The van der Waals surface area contributed by atoms with Crippen molar-refractivity contribution in [3.05, 3.63) is 46.5 Å². The van der Waals surface area contributed by atoms with E-state index in [1.54, 1.807) is 0 Å². The number of rotatable bonds is 2. The maximum absolute atomic E-state index is 6.07. The second-order valence-corrected chi connectivity index (χ2v) is 7.45. The van der Waals surface area contributed by atoms with E-state index < -0.39 is 0 Å². The molecule has 5 rings (SSSR count). The van der Waals surface area contributed by atoms with Crippen molar-refractivity contribution < 1.29 is 14.2 Å². The third kappa shape index (κ3) is 3.00. The number of ether oxygens (including phenoxy) is 3. The Hall–Kier alpha value is -2.40. The van der Waals surface area contributed by atoms with Gasteiger partial charge in [-0.15, -0.1) is 0 Å². The zero-order valence-electron chi connectivity index (χ0n) is 15.8. The van der Waals surface area contributed by atoms with Crippen molar-refractivity contribution in [3.8, 4) is 17.2 Å². The van der Waals surface area contributed by atoms with Crippen molar-refractivity contribution in [1.82, 2.24) is 5.32 Å². The normalized spacial score (nSPS) is 18.2. The second kappa shape index (κ2) is 6.97. The lowest BCUT2D eigenvalue weighted by molar-refractivity contribution is 0.170. The fraction of sp³-hybridized carbons (Fsp3) is 0.455. The van der Waals surface area contributed by atoms with Gasteiger partial charge in [-0.2, -0.15) is 0 Å². The molecule has 0 bridgehead atoms. The summed E-state index contributed by atoms with van der Waals surface area (Å²) in [5, 5.41) is 3.51. The maximum atomic E-state index is 6.07. The van der Waals surface area contributed by atoms with Crippen LogP contribution in [0.1, 0.15) is 22.3 Å². The summed E-state index contributed by atoms with van der Waals surface area (Å²) < 4.78 is 17.8. The molecule has 1 N–H and O–H groups in total. The average Bonchev–Trinajstić information content (AvgIpc) is 2.94. The molecule has 27 heavy (non-hydrogen) atoms. The van der Waals surface area contributed by atoms with E-state index in [0.29, 0.717) is 13.2 Å². The summed E-state index contributed by atoms with van der Waals surface area (Å²) in [7, 11) is 0. The molecule has 0 amide bonds. The molecule has 0 unspecified atom stereocenters. The summed E-state index contributed by atoms with van der Waals surface area (Å²) >= 11 is 0. The van der Waals surface area contributed by atoms with Gasteiger partial charge in [-0.25, -0.2) is 0 Å². The van der Waals surface area contributed by atoms with Crippen LogP contribution in [0, 0.1) is 6.92 Å². The van der Waals surface area contributed by atoms with Gasteiger partial charge < -0.3 is 24.4 Å². The molecule has 0 aliphatic carbocycles. The lowest BCUT2D eigenvalue weighted by atomic mass is 9.94. The fourth-order valence-electron chi connectivity index (χ4n) is 4.52. The highest BCUT2D eigenvalue weighted by Gasteiger charge is 2.26. The fourth-order valence-corrected chi connectivity index (χ4v) is 4.52. The zero-order valence-corrected chi connectivity index (χ0v) is 15.8. The molecular weight excluding hydrogens is 340 g/mol. The molecule has 2 aromatic carbocycles. The van der Waals surface area contributed by atoms with E-state index in [2.05, 4.69) is 35.3 Å². The highest BCUT2D eigenvalue weighted by Crippen LogP contribution is 2.42. The van der Waals surface area contributed by atoms with Crippen molar-refractivity contribution >= 4 is 5.69 Å². The highest BCUT2D eigenvalue weighted by molar-refractivity contribution is 5.69. The predicted molar refractivity (Wildman–Crippen MR) is 105 cm³/mol. The molecular formula is C22H26N2O3. The highest BCUT2D eigenvalue weighted by atomic mass is 16.6. The van der Waals surface area contributed by atoms with Crippen molar-refractivity contribution in [1.29, 1.82) is 0 Å². The van der Waals surface area contributed by atoms with Gasteiger partial charge >= 0.3 is 0 Å². The first-order valence-corrected chi connectivity index (χ1v) is 9.92. The summed E-state index contributed by atoms with van der Waals surface area (Å²) in [6, 6.07) is 8.46. The standard InChI is InChI=1S/C22H26N2O3/c1-15-18-6-8-23-7-5-16(18)13-20-21(15)24(9-10-25-20)14-17-3-2-4-19-22(17)27-12-11-26-19/h2-4,13,23H,5-12,14H2,1H3. The zero-order chi connectivity index (χ0) is 18.2. The molecule has 2 aromatic rings. The first-order chi connectivity index (χ1) is 13.3. The number of hydrogen-bond donors (Lipinski definition) is 1. The van der Waals surface area contributed by atoms with Crippen LogP contribution in [0.3, 0.4) is 0 Å². The average molecular weight is 366 g/mol. The van der Waals surface area contributed by atoms with E-state index in [1.165, 1.54) is 27.9 Å². The molecule has 0 spiro atoms. The summed E-state index contributed by atoms with van der Waals surface area (Å²) in [5.74, 6) is 2.78. The van der Waals surface area contributed by atoms with E-state index in [0.717, 1.165) is 62.9 Å². The number of nitrogens with zero attached hydrogens (tertiary/aromatic N) is 1.